The third kappa shape index (κ3) is 4.26. The second-order valence-electron chi connectivity index (χ2n) is 15.0. The van der Waals surface area contributed by atoms with Crippen LogP contribution < -0.4 is 0 Å². The number of ether oxygens (including phenoxy) is 2. The van der Waals surface area contributed by atoms with Gasteiger partial charge in [-0.25, -0.2) is 9.07 Å². The van der Waals surface area contributed by atoms with Gasteiger partial charge in [0.2, 0.25) is 5.12 Å². The van der Waals surface area contributed by atoms with E-state index in [2.05, 4.69) is 25.8 Å². The van der Waals surface area contributed by atoms with Crippen LogP contribution in [0.5, 0.6) is 0 Å². The number of carbonyl (C=O) groups is 1. The lowest BCUT2D eigenvalue weighted by Crippen LogP contribution is -2.63. The van der Waals surface area contributed by atoms with Crippen molar-refractivity contribution >= 4 is 23.0 Å². The first-order valence-corrected chi connectivity index (χ1v) is 17.8. The molecule has 8 rings (SSSR count). The molecular formula is C37H43FN2O4S. The minimum absolute atomic E-state index is 0.0162. The molecule has 6 aliphatic rings. The lowest BCUT2D eigenvalue weighted by Gasteiger charge is -2.60. The fourth-order valence-corrected chi connectivity index (χ4v) is 11.8. The van der Waals surface area contributed by atoms with Gasteiger partial charge in [-0.15, -0.1) is 6.42 Å². The number of thioether (sulfide) groups is 1. The molecule has 1 N–H and O–H groups in total. The van der Waals surface area contributed by atoms with Crippen LogP contribution in [-0.4, -0.2) is 49.9 Å². The number of nitrogens with zero attached hydrogens (tertiary/aromatic N) is 2. The van der Waals surface area contributed by atoms with E-state index in [4.69, 9.17) is 21.0 Å². The van der Waals surface area contributed by atoms with Crippen LogP contribution in [0.4, 0.5) is 4.39 Å². The summed E-state index contributed by atoms with van der Waals surface area (Å²) >= 11 is 1.18. The number of aliphatic hydroxyl groups is 1. The Morgan fingerprint density at radius 3 is 2.73 bits per heavy atom. The zero-order chi connectivity index (χ0) is 31.1. The number of benzene rings is 1. The van der Waals surface area contributed by atoms with E-state index in [0.717, 1.165) is 55.5 Å². The summed E-state index contributed by atoms with van der Waals surface area (Å²) in [6, 6.07) is 6.45. The van der Waals surface area contributed by atoms with Gasteiger partial charge < -0.3 is 14.6 Å². The predicted molar refractivity (Wildman–Crippen MR) is 172 cm³/mol. The summed E-state index contributed by atoms with van der Waals surface area (Å²) in [7, 11) is 0. The zero-order valence-corrected chi connectivity index (χ0v) is 27.0. The number of carbonyl (C=O) groups excluding carboxylic acids is 1. The number of allylic oxidation sites excluding steroid dienone is 1. The van der Waals surface area contributed by atoms with Gasteiger partial charge in [0.15, 0.2) is 11.9 Å². The zero-order valence-electron chi connectivity index (χ0n) is 26.2. The van der Waals surface area contributed by atoms with Crippen LogP contribution in [0.1, 0.15) is 82.9 Å². The molecule has 1 saturated heterocycles. The van der Waals surface area contributed by atoms with Gasteiger partial charge in [-0.3, -0.25) is 4.79 Å². The predicted octanol–water partition coefficient (Wildman–Crippen LogP) is 6.73. The molecule has 0 spiro atoms. The minimum atomic E-state index is -1.10. The maximum Gasteiger partial charge on any atom is 0.225 e. The van der Waals surface area contributed by atoms with Crippen molar-refractivity contribution in [2.45, 2.75) is 102 Å². The molecule has 0 unspecified atom stereocenters. The maximum atomic E-state index is 14.3. The molecule has 1 aromatic heterocycles. The fraction of sp³-hybridized carbons (Fsp3) is 0.622. The Labute approximate surface area is 269 Å². The van der Waals surface area contributed by atoms with E-state index < -0.39 is 17.1 Å². The van der Waals surface area contributed by atoms with Crippen LogP contribution in [0, 0.1) is 52.7 Å². The molecule has 8 heteroatoms. The molecule has 0 amide bonds. The second kappa shape index (κ2) is 10.8. The second-order valence-corrected chi connectivity index (χ2v) is 15.9. The molecule has 5 aliphatic carbocycles. The molecular weight excluding hydrogens is 587 g/mol. The molecule has 1 aliphatic heterocycles. The molecule has 4 saturated carbocycles. The molecule has 2 heterocycles. The lowest BCUT2D eigenvalue weighted by molar-refractivity contribution is -0.206. The Hall–Kier alpha value is -2.44. The van der Waals surface area contributed by atoms with Crippen molar-refractivity contribution in [2.75, 3.05) is 5.75 Å². The van der Waals surface area contributed by atoms with Crippen LogP contribution >= 0.6 is 11.8 Å². The Balaban J connectivity index is 1.13. The molecule has 5 fully saturated rings. The van der Waals surface area contributed by atoms with Gasteiger partial charge in [0, 0.05) is 11.3 Å². The van der Waals surface area contributed by atoms with Gasteiger partial charge in [0.25, 0.3) is 0 Å². The number of halogens is 1. The van der Waals surface area contributed by atoms with Crippen molar-refractivity contribution in [3.63, 3.8) is 0 Å². The van der Waals surface area contributed by atoms with E-state index >= 15 is 0 Å². The summed E-state index contributed by atoms with van der Waals surface area (Å²) < 4.78 is 29.3. The topological polar surface area (TPSA) is 73.6 Å². The van der Waals surface area contributed by atoms with Gasteiger partial charge in [0.1, 0.15) is 5.82 Å². The molecule has 9 atom stereocenters. The van der Waals surface area contributed by atoms with Crippen molar-refractivity contribution in [3.8, 4) is 18.0 Å². The third-order valence-corrected chi connectivity index (χ3v) is 13.8. The van der Waals surface area contributed by atoms with Crippen LogP contribution in [0.3, 0.4) is 0 Å². The molecule has 6 nitrogen and oxygen atoms in total. The largest absolute Gasteiger partial charge is 0.393 e. The van der Waals surface area contributed by atoms with E-state index in [9.17, 15) is 14.3 Å². The molecule has 0 bridgehead atoms. The maximum absolute atomic E-state index is 14.3. The van der Waals surface area contributed by atoms with Crippen LogP contribution in [0.2, 0.25) is 0 Å². The van der Waals surface area contributed by atoms with E-state index in [1.54, 1.807) is 12.1 Å². The first-order chi connectivity index (χ1) is 21.7. The highest BCUT2D eigenvalue weighted by molar-refractivity contribution is 8.14. The number of hydrogen-bond acceptors (Lipinski definition) is 6. The van der Waals surface area contributed by atoms with E-state index in [1.165, 1.54) is 48.7 Å². The van der Waals surface area contributed by atoms with Crippen molar-refractivity contribution in [1.82, 2.24) is 9.78 Å². The van der Waals surface area contributed by atoms with E-state index in [-0.39, 0.29) is 46.5 Å². The van der Waals surface area contributed by atoms with Gasteiger partial charge in [-0.1, -0.05) is 56.4 Å². The standard InChI is InChI=1S/C37H43FN2O4S/c1-4-16-45-34(42)37-31(43-33(44-37)22-8-6-5-7-9-22)18-28-27-15-10-24-17-29-23(21-39-40(29)26-13-11-25(38)12-14-26)19-35(24,2)32(27)30(41)20-36(28,37)3/h1,11-14,17,21-22,27-28,30-33,41H,5-10,15-16,18-20H2,2-3H3/t27-,28-,30-,31+,32+,33+,35-,36-,37-/m0/s1. The number of aliphatic hydroxyl groups excluding tert-OH is 1. The highest BCUT2D eigenvalue weighted by Crippen LogP contribution is 2.71. The summed E-state index contributed by atoms with van der Waals surface area (Å²) in [6.07, 6.45) is 18.2. The lowest BCUT2D eigenvalue weighted by atomic mass is 9.45. The van der Waals surface area contributed by atoms with Gasteiger partial charge in [-0.2, -0.15) is 5.10 Å². The molecule has 0 radical (unpaired) electrons. The molecule has 1 aromatic carbocycles. The average Bonchev–Trinajstić information content (AvgIpc) is 3.69. The average molecular weight is 631 g/mol. The number of fused-ring (bicyclic) bond motifs is 8. The monoisotopic (exact) mass is 630 g/mol. The quantitative estimate of drug-likeness (QED) is 0.378. The molecule has 238 valence electrons. The highest BCUT2D eigenvalue weighted by Gasteiger charge is 2.76. The fourth-order valence-electron chi connectivity index (χ4n) is 10.9. The summed E-state index contributed by atoms with van der Waals surface area (Å²) in [5.41, 5.74) is 2.50. The third-order valence-electron chi connectivity index (χ3n) is 12.9. The summed E-state index contributed by atoms with van der Waals surface area (Å²) in [5, 5.41) is 16.9. The van der Waals surface area contributed by atoms with Crippen LogP contribution in [-0.2, 0) is 20.7 Å². The normalized spacial score (nSPS) is 40.4. The molecule has 45 heavy (non-hydrogen) atoms. The van der Waals surface area contributed by atoms with Gasteiger partial charge in [0.05, 0.1) is 35.5 Å². The van der Waals surface area contributed by atoms with Crippen molar-refractivity contribution in [1.29, 1.82) is 0 Å². The Morgan fingerprint density at radius 1 is 1.20 bits per heavy atom. The summed E-state index contributed by atoms with van der Waals surface area (Å²) in [5.74, 6) is 3.47. The van der Waals surface area contributed by atoms with Crippen molar-refractivity contribution < 1.29 is 23.8 Å². The van der Waals surface area contributed by atoms with E-state index in [0.29, 0.717) is 18.1 Å². The van der Waals surface area contributed by atoms with Crippen molar-refractivity contribution in [3.05, 3.63) is 53.1 Å². The van der Waals surface area contributed by atoms with Crippen LogP contribution in [0.15, 0.2) is 36.0 Å². The Bertz CT molecular complexity index is 1580. The van der Waals surface area contributed by atoms with Crippen molar-refractivity contribution in [2.24, 2.45) is 34.5 Å². The first-order valence-electron chi connectivity index (χ1n) is 16.9. The molecule has 2 aromatic rings. The summed E-state index contributed by atoms with van der Waals surface area (Å²) in [6.45, 7) is 4.53. The summed E-state index contributed by atoms with van der Waals surface area (Å²) in [4.78, 5) is 14.3. The highest BCUT2D eigenvalue weighted by atomic mass is 32.2. The number of hydrogen-bond donors (Lipinski definition) is 1. The Morgan fingerprint density at radius 2 is 1.98 bits per heavy atom. The first kappa shape index (κ1) is 29.9. The Kier molecular flexibility index (Phi) is 7.18. The smallest absolute Gasteiger partial charge is 0.225 e. The minimum Gasteiger partial charge on any atom is -0.393 e. The van der Waals surface area contributed by atoms with E-state index in [1.807, 2.05) is 10.9 Å². The van der Waals surface area contributed by atoms with Gasteiger partial charge >= 0.3 is 0 Å². The number of terminal acetylenes is 1. The SMILES string of the molecule is C#CCSC(=O)[C@@]12O[C@H](C3CCCCC3)O[C@@H]1C[C@H]1[C@@H]3CCC4=Cc5c(cnn5-c5ccc(F)cc5)C[C@]4(C)[C@H]3[C@@H](O)C[C@@]12C. The van der Waals surface area contributed by atoms with Gasteiger partial charge in [-0.05, 0) is 104 Å². The number of rotatable bonds is 4. The van der Waals surface area contributed by atoms with Crippen LogP contribution in [0.25, 0.3) is 11.8 Å². The number of aromatic nitrogens is 2.